The fourth-order valence-corrected chi connectivity index (χ4v) is 1.58. The van der Waals surface area contributed by atoms with E-state index in [-0.39, 0.29) is 11.0 Å². The number of nitrogens with two attached hydrogens (primary N) is 1. The van der Waals surface area contributed by atoms with Gasteiger partial charge in [0.05, 0.1) is 16.6 Å². The van der Waals surface area contributed by atoms with E-state index in [1.165, 1.54) is 24.3 Å². The minimum atomic E-state index is -3.72. The molecule has 1 rings (SSSR count). The first kappa shape index (κ1) is 12.7. The van der Waals surface area contributed by atoms with Crippen LogP contribution in [0.1, 0.15) is 24.2 Å². The van der Waals surface area contributed by atoms with Crippen LogP contribution in [0.4, 0.5) is 0 Å². The van der Waals surface area contributed by atoms with Crippen LogP contribution in [-0.4, -0.2) is 20.5 Å². The van der Waals surface area contributed by atoms with Crippen LogP contribution in [-0.2, 0) is 14.8 Å². The van der Waals surface area contributed by atoms with Crippen LogP contribution in [0.15, 0.2) is 29.2 Å². The maximum absolute atomic E-state index is 11.4. The van der Waals surface area contributed by atoms with Crippen LogP contribution in [0.5, 0.6) is 0 Å². The molecule has 0 spiro atoms. The Bertz CT molecular complexity index is 476. The summed E-state index contributed by atoms with van der Waals surface area (Å²) in [5.74, 6) is -0.490. The molecule has 88 valence electrons. The molecule has 0 heterocycles. The van der Waals surface area contributed by atoms with Crippen molar-refractivity contribution in [1.29, 1.82) is 0 Å². The van der Waals surface area contributed by atoms with Gasteiger partial charge in [0.2, 0.25) is 10.0 Å². The van der Waals surface area contributed by atoms with Crippen molar-refractivity contribution in [3.8, 4) is 0 Å². The number of carbonyl (C=O) groups excluding carboxylic acids is 1. The second-order valence-corrected chi connectivity index (χ2v) is 5.08. The normalized spacial score (nSPS) is 11.5. The molecule has 0 saturated carbocycles. The summed E-state index contributed by atoms with van der Waals surface area (Å²) < 4.78 is 26.8. The SMILES string of the molecule is CC(C)OC(=O)c1ccc(S(N)(=O)=O)cc1. The summed E-state index contributed by atoms with van der Waals surface area (Å²) >= 11 is 0. The van der Waals surface area contributed by atoms with Gasteiger partial charge in [-0.2, -0.15) is 0 Å². The summed E-state index contributed by atoms with van der Waals surface area (Å²) in [6.45, 7) is 3.47. The molecule has 0 unspecified atom stereocenters. The molecule has 16 heavy (non-hydrogen) atoms. The van der Waals surface area contributed by atoms with Crippen molar-refractivity contribution in [3.05, 3.63) is 29.8 Å². The van der Waals surface area contributed by atoms with Crippen molar-refractivity contribution in [2.24, 2.45) is 5.14 Å². The third kappa shape index (κ3) is 3.32. The zero-order chi connectivity index (χ0) is 12.3. The van der Waals surface area contributed by atoms with E-state index in [0.717, 1.165) is 0 Å². The highest BCUT2D eigenvalue weighted by Gasteiger charge is 2.11. The second-order valence-electron chi connectivity index (χ2n) is 3.52. The summed E-state index contributed by atoms with van der Waals surface area (Å²) in [6.07, 6.45) is -0.217. The van der Waals surface area contributed by atoms with Gasteiger partial charge in [0.1, 0.15) is 0 Å². The Labute approximate surface area is 94.3 Å². The molecule has 0 aromatic heterocycles. The molecule has 0 fully saturated rings. The number of esters is 1. The largest absolute Gasteiger partial charge is 0.459 e. The number of primary sulfonamides is 1. The Kier molecular flexibility index (Phi) is 3.66. The first-order chi connectivity index (χ1) is 7.30. The predicted molar refractivity (Wildman–Crippen MR) is 58.4 cm³/mol. The molecule has 0 amide bonds. The summed E-state index contributed by atoms with van der Waals surface area (Å²) in [5.41, 5.74) is 0.293. The summed E-state index contributed by atoms with van der Waals surface area (Å²) in [6, 6.07) is 5.27. The topological polar surface area (TPSA) is 86.5 Å². The lowest BCUT2D eigenvalue weighted by atomic mass is 10.2. The van der Waals surface area contributed by atoms with Gasteiger partial charge in [-0.1, -0.05) is 0 Å². The van der Waals surface area contributed by atoms with Gasteiger partial charge in [-0.3, -0.25) is 0 Å². The van der Waals surface area contributed by atoms with E-state index in [4.69, 9.17) is 9.88 Å². The van der Waals surface area contributed by atoms with Crippen LogP contribution in [0, 0.1) is 0 Å². The number of carbonyl (C=O) groups is 1. The fraction of sp³-hybridized carbons (Fsp3) is 0.300. The van der Waals surface area contributed by atoms with Gasteiger partial charge in [0.15, 0.2) is 0 Å². The van der Waals surface area contributed by atoms with Crippen LogP contribution >= 0.6 is 0 Å². The molecule has 1 aromatic rings. The molecule has 0 aliphatic carbocycles. The van der Waals surface area contributed by atoms with Gasteiger partial charge in [-0.15, -0.1) is 0 Å². The minimum absolute atomic E-state index is 0.0337. The maximum atomic E-state index is 11.4. The van der Waals surface area contributed by atoms with Gasteiger partial charge in [-0.25, -0.2) is 18.4 Å². The summed E-state index contributed by atoms with van der Waals surface area (Å²) in [5, 5.41) is 4.92. The lowest BCUT2D eigenvalue weighted by molar-refractivity contribution is 0.0378. The monoisotopic (exact) mass is 243 g/mol. The smallest absolute Gasteiger partial charge is 0.338 e. The van der Waals surface area contributed by atoms with E-state index in [9.17, 15) is 13.2 Å². The average molecular weight is 243 g/mol. The van der Waals surface area contributed by atoms with Crippen molar-refractivity contribution < 1.29 is 17.9 Å². The predicted octanol–water partition coefficient (Wildman–Crippen LogP) is 0.899. The van der Waals surface area contributed by atoms with E-state index in [1.54, 1.807) is 13.8 Å². The third-order valence-electron chi connectivity index (χ3n) is 1.76. The van der Waals surface area contributed by atoms with E-state index < -0.39 is 16.0 Å². The maximum Gasteiger partial charge on any atom is 0.338 e. The lowest BCUT2D eigenvalue weighted by Crippen LogP contribution is -2.14. The van der Waals surface area contributed by atoms with E-state index in [2.05, 4.69) is 0 Å². The number of hydrogen-bond acceptors (Lipinski definition) is 4. The molecule has 0 aliphatic heterocycles. The van der Waals surface area contributed by atoms with E-state index >= 15 is 0 Å². The standard InChI is InChI=1S/C10H13NO4S/c1-7(2)15-10(12)8-3-5-9(6-4-8)16(11,13)14/h3-7H,1-2H3,(H2,11,13,14). The zero-order valence-corrected chi connectivity index (χ0v) is 9.82. The Morgan fingerprint density at radius 1 is 1.25 bits per heavy atom. The number of rotatable bonds is 3. The molecular weight excluding hydrogens is 230 g/mol. The fourth-order valence-electron chi connectivity index (χ4n) is 1.06. The molecule has 6 heteroatoms. The first-order valence-electron chi connectivity index (χ1n) is 4.64. The van der Waals surface area contributed by atoms with E-state index in [1.807, 2.05) is 0 Å². The number of ether oxygens (including phenoxy) is 1. The highest BCUT2D eigenvalue weighted by atomic mass is 32.2. The van der Waals surface area contributed by atoms with Crippen LogP contribution < -0.4 is 5.14 Å². The van der Waals surface area contributed by atoms with Gasteiger partial charge < -0.3 is 4.74 Å². The Morgan fingerprint density at radius 3 is 2.12 bits per heavy atom. The van der Waals surface area contributed by atoms with Gasteiger partial charge in [0.25, 0.3) is 0 Å². The molecule has 2 N–H and O–H groups in total. The first-order valence-corrected chi connectivity index (χ1v) is 6.19. The number of benzene rings is 1. The van der Waals surface area contributed by atoms with Crippen LogP contribution in [0.2, 0.25) is 0 Å². The van der Waals surface area contributed by atoms with Crippen molar-refractivity contribution in [1.82, 2.24) is 0 Å². The Hall–Kier alpha value is -1.40. The summed E-state index contributed by atoms with van der Waals surface area (Å²) in [7, 11) is -3.72. The zero-order valence-electron chi connectivity index (χ0n) is 9.01. The van der Waals surface area contributed by atoms with Crippen molar-refractivity contribution in [2.45, 2.75) is 24.8 Å². The Morgan fingerprint density at radius 2 is 1.75 bits per heavy atom. The van der Waals surface area contributed by atoms with Crippen LogP contribution in [0.3, 0.4) is 0 Å². The average Bonchev–Trinajstić information content (AvgIpc) is 2.15. The van der Waals surface area contributed by atoms with Crippen molar-refractivity contribution in [3.63, 3.8) is 0 Å². The number of sulfonamides is 1. The minimum Gasteiger partial charge on any atom is -0.459 e. The van der Waals surface area contributed by atoms with Crippen molar-refractivity contribution in [2.75, 3.05) is 0 Å². The number of hydrogen-bond donors (Lipinski definition) is 1. The molecular formula is C10H13NO4S. The van der Waals surface area contributed by atoms with Gasteiger partial charge in [0, 0.05) is 0 Å². The highest BCUT2D eigenvalue weighted by molar-refractivity contribution is 7.89. The molecule has 5 nitrogen and oxygen atoms in total. The molecule has 0 radical (unpaired) electrons. The highest BCUT2D eigenvalue weighted by Crippen LogP contribution is 2.10. The molecule has 0 aliphatic rings. The third-order valence-corrected chi connectivity index (χ3v) is 2.69. The molecule has 1 aromatic carbocycles. The molecule has 0 saturated heterocycles. The molecule has 0 atom stereocenters. The Balaban J connectivity index is 2.92. The van der Waals surface area contributed by atoms with Crippen LogP contribution in [0.25, 0.3) is 0 Å². The van der Waals surface area contributed by atoms with E-state index in [0.29, 0.717) is 5.56 Å². The quantitative estimate of drug-likeness (QED) is 0.799. The van der Waals surface area contributed by atoms with Crippen molar-refractivity contribution >= 4 is 16.0 Å². The second kappa shape index (κ2) is 4.63. The lowest BCUT2D eigenvalue weighted by Gasteiger charge is -2.07. The molecule has 0 bridgehead atoms. The summed E-state index contributed by atoms with van der Waals surface area (Å²) in [4.78, 5) is 11.4. The van der Waals surface area contributed by atoms with Gasteiger partial charge in [-0.05, 0) is 38.1 Å². The van der Waals surface area contributed by atoms with Gasteiger partial charge >= 0.3 is 5.97 Å².